The summed E-state index contributed by atoms with van der Waals surface area (Å²) in [6.45, 7) is 7.90. The summed E-state index contributed by atoms with van der Waals surface area (Å²) < 4.78 is 14.6. The van der Waals surface area contributed by atoms with Gasteiger partial charge in [0.15, 0.2) is 0 Å². The van der Waals surface area contributed by atoms with Crippen LogP contribution in [0.15, 0.2) is 41.3 Å². The maximum Gasteiger partial charge on any atom is 0.127 e. The molecule has 2 nitrogen and oxygen atoms in total. The van der Waals surface area contributed by atoms with Crippen LogP contribution in [-0.2, 0) is 17.4 Å². The van der Waals surface area contributed by atoms with Gasteiger partial charge in [0, 0.05) is 13.1 Å². The number of rotatable bonds is 5. The van der Waals surface area contributed by atoms with Crippen LogP contribution in [0.25, 0.3) is 0 Å². The van der Waals surface area contributed by atoms with Crippen molar-refractivity contribution in [2.75, 3.05) is 13.1 Å². The molecule has 1 fully saturated rings. The lowest BCUT2D eigenvalue weighted by Gasteiger charge is -2.16. The molecule has 18 heavy (non-hydrogen) atoms. The van der Waals surface area contributed by atoms with Crippen molar-refractivity contribution < 1.29 is 4.21 Å². The zero-order valence-electron chi connectivity index (χ0n) is 11.0. The van der Waals surface area contributed by atoms with E-state index >= 15 is 0 Å². The molecule has 1 aliphatic rings. The molecule has 1 unspecified atom stereocenters. The Labute approximate surface area is 112 Å². The molecule has 0 bridgehead atoms. The lowest BCUT2D eigenvalue weighted by molar-refractivity contribution is 0.535. The standard InChI is InChI=1S/C15H21NOS/c1-13(2)9-10-14-7-3-4-8-15(14)18(17)16-11-5-6-12-16/h3-4,7-8H,1,5-6,9-12H2,2H3. The normalized spacial score (nSPS) is 17.8. The summed E-state index contributed by atoms with van der Waals surface area (Å²) in [7, 11) is -0.981. The van der Waals surface area contributed by atoms with Crippen molar-refractivity contribution in [3.63, 3.8) is 0 Å². The van der Waals surface area contributed by atoms with E-state index in [-0.39, 0.29) is 0 Å². The number of aryl methyl sites for hydroxylation is 1. The largest absolute Gasteiger partial charge is 0.237 e. The Morgan fingerprint density at radius 1 is 1.33 bits per heavy atom. The second kappa shape index (κ2) is 6.30. The van der Waals surface area contributed by atoms with Gasteiger partial charge in [-0.3, -0.25) is 0 Å². The quantitative estimate of drug-likeness (QED) is 0.746. The van der Waals surface area contributed by atoms with Gasteiger partial charge in [0.2, 0.25) is 0 Å². The third kappa shape index (κ3) is 3.30. The molecule has 1 heterocycles. The first-order chi connectivity index (χ1) is 8.68. The predicted molar refractivity (Wildman–Crippen MR) is 76.8 cm³/mol. The molecule has 0 radical (unpaired) electrons. The zero-order valence-corrected chi connectivity index (χ0v) is 11.8. The molecule has 1 aliphatic heterocycles. The van der Waals surface area contributed by atoms with E-state index in [1.54, 1.807) is 0 Å². The first-order valence-electron chi connectivity index (χ1n) is 6.57. The van der Waals surface area contributed by atoms with Crippen LogP contribution < -0.4 is 0 Å². The first kappa shape index (κ1) is 13.5. The van der Waals surface area contributed by atoms with Gasteiger partial charge in [-0.1, -0.05) is 23.8 Å². The van der Waals surface area contributed by atoms with E-state index in [1.807, 2.05) is 25.1 Å². The third-order valence-corrected chi connectivity index (χ3v) is 4.89. The van der Waals surface area contributed by atoms with Gasteiger partial charge in [-0.15, -0.1) is 6.58 Å². The van der Waals surface area contributed by atoms with Crippen molar-refractivity contribution >= 4 is 11.0 Å². The molecule has 3 heteroatoms. The van der Waals surface area contributed by atoms with E-state index in [0.29, 0.717) is 0 Å². The van der Waals surface area contributed by atoms with Crippen molar-refractivity contribution in [3.8, 4) is 0 Å². The fourth-order valence-corrected chi connectivity index (χ4v) is 3.68. The Morgan fingerprint density at radius 3 is 2.67 bits per heavy atom. The summed E-state index contributed by atoms with van der Waals surface area (Å²) >= 11 is 0. The van der Waals surface area contributed by atoms with Crippen LogP contribution in [0.3, 0.4) is 0 Å². The van der Waals surface area contributed by atoms with E-state index in [2.05, 4.69) is 17.0 Å². The smallest absolute Gasteiger partial charge is 0.127 e. The number of hydrogen-bond donors (Lipinski definition) is 0. The highest BCUT2D eigenvalue weighted by atomic mass is 32.2. The molecule has 98 valence electrons. The third-order valence-electron chi connectivity index (χ3n) is 3.28. The Hall–Kier alpha value is -0.930. The van der Waals surface area contributed by atoms with Gasteiger partial charge >= 0.3 is 0 Å². The molecule has 0 aliphatic carbocycles. The van der Waals surface area contributed by atoms with Crippen LogP contribution in [0.2, 0.25) is 0 Å². The zero-order chi connectivity index (χ0) is 13.0. The Balaban J connectivity index is 2.15. The molecule has 0 saturated carbocycles. The van der Waals surface area contributed by atoms with Crippen molar-refractivity contribution in [1.29, 1.82) is 0 Å². The molecule has 1 atom stereocenters. The van der Waals surface area contributed by atoms with Gasteiger partial charge in [0.25, 0.3) is 0 Å². The van der Waals surface area contributed by atoms with Gasteiger partial charge in [-0.05, 0) is 44.2 Å². The lowest BCUT2D eigenvalue weighted by atomic mass is 10.1. The molecular weight excluding hydrogens is 242 g/mol. The molecule has 0 aromatic heterocycles. The van der Waals surface area contributed by atoms with Gasteiger partial charge in [-0.2, -0.15) is 0 Å². The summed E-state index contributed by atoms with van der Waals surface area (Å²) in [6, 6.07) is 8.10. The summed E-state index contributed by atoms with van der Waals surface area (Å²) in [5.74, 6) is 0. The van der Waals surface area contributed by atoms with Crippen LogP contribution >= 0.6 is 0 Å². The Bertz CT molecular complexity index is 450. The maximum absolute atomic E-state index is 12.5. The minimum Gasteiger partial charge on any atom is -0.237 e. The van der Waals surface area contributed by atoms with Crippen LogP contribution in [-0.4, -0.2) is 21.6 Å². The maximum atomic E-state index is 12.5. The SMILES string of the molecule is C=C(C)CCc1ccccc1S(=O)N1CCCC1. The highest BCUT2D eigenvalue weighted by Gasteiger charge is 2.20. The highest BCUT2D eigenvalue weighted by molar-refractivity contribution is 7.82. The topological polar surface area (TPSA) is 20.3 Å². The fourth-order valence-electron chi connectivity index (χ4n) is 2.22. The van der Waals surface area contributed by atoms with Gasteiger partial charge in [0.1, 0.15) is 11.0 Å². The van der Waals surface area contributed by atoms with Crippen molar-refractivity contribution in [3.05, 3.63) is 42.0 Å². The molecule has 0 amide bonds. The van der Waals surface area contributed by atoms with E-state index in [0.717, 1.165) is 30.8 Å². The molecule has 1 aromatic carbocycles. The van der Waals surface area contributed by atoms with Gasteiger partial charge < -0.3 is 0 Å². The average Bonchev–Trinajstić information content (AvgIpc) is 2.89. The van der Waals surface area contributed by atoms with E-state index in [4.69, 9.17) is 0 Å². The summed E-state index contributed by atoms with van der Waals surface area (Å²) in [5, 5.41) is 0. The van der Waals surface area contributed by atoms with Crippen molar-refractivity contribution in [1.82, 2.24) is 4.31 Å². The van der Waals surface area contributed by atoms with E-state index in [9.17, 15) is 4.21 Å². The average molecular weight is 263 g/mol. The van der Waals surface area contributed by atoms with Crippen LogP contribution in [0, 0.1) is 0 Å². The fraction of sp³-hybridized carbons (Fsp3) is 0.467. The second-order valence-corrected chi connectivity index (χ2v) is 6.40. The highest BCUT2D eigenvalue weighted by Crippen LogP contribution is 2.22. The lowest BCUT2D eigenvalue weighted by Crippen LogP contribution is -2.22. The van der Waals surface area contributed by atoms with Crippen molar-refractivity contribution in [2.45, 2.75) is 37.5 Å². The minimum absolute atomic E-state index is 0.936. The summed E-state index contributed by atoms with van der Waals surface area (Å²) in [5.41, 5.74) is 2.38. The number of nitrogens with zero attached hydrogens (tertiary/aromatic N) is 1. The predicted octanol–water partition coefficient (Wildman–Crippen LogP) is 3.31. The molecule has 1 saturated heterocycles. The van der Waals surface area contributed by atoms with Crippen LogP contribution in [0.5, 0.6) is 0 Å². The Kier molecular flexibility index (Phi) is 4.72. The molecular formula is C15H21NOS. The van der Waals surface area contributed by atoms with Crippen LogP contribution in [0.4, 0.5) is 0 Å². The molecule has 0 N–H and O–H groups in total. The van der Waals surface area contributed by atoms with Crippen LogP contribution in [0.1, 0.15) is 31.7 Å². The molecule has 2 rings (SSSR count). The van der Waals surface area contributed by atoms with Gasteiger partial charge in [0.05, 0.1) is 4.90 Å². The monoisotopic (exact) mass is 263 g/mol. The number of benzene rings is 1. The number of allylic oxidation sites excluding steroid dienone is 1. The second-order valence-electron chi connectivity index (χ2n) is 4.95. The molecule has 1 aromatic rings. The first-order valence-corrected chi connectivity index (χ1v) is 7.68. The minimum atomic E-state index is -0.981. The number of hydrogen-bond acceptors (Lipinski definition) is 1. The van der Waals surface area contributed by atoms with Crippen molar-refractivity contribution in [2.24, 2.45) is 0 Å². The summed E-state index contributed by atoms with van der Waals surface area (Å²) in [6.07, 6.45) is 4.23. The Morgan fingerprint density at radius 2 is 2.00 bits per heavy atom. The van der Waals surface area contributed by atoms with Gasteiger partial charge in [-0.25, -0.2) is 8.51 Å². The van der Waals surface area contributed by atoms with E-state index in [1.165, 1.54) is 24.0 Å². The molecule has 0 spiro atoms. The van der Waals surface area contributed by atoms with E-state index < -0.39 is 11.0 Å². The summed E-state index contributed by atoms with van der Waals surface area (Å²) in [4.78, 5) is 0.987.